The fourth-order valence-corrected chi connectivity index (χ4v) is 1.16. The summed E-state index contributed by atoms with van der Waals surface area (Å²) in [4.78, 5) is 0. The first-order valence-corrected chi connectivity index (χ1v) is 4.14. The van der Waals surface area contributed by atoms with Crippen LogP contribution in [0.1, 0.15) is 12.0 Å². The molecule has 1 aromatic rings. The van der Waals surface area contributed by atoms with E-state index in [0.717, 1.165) is 12.8 Å². The Balaban J connectivity index is 2.52. The van der Waals surface area contributed by atoms with Crippen LogP contribution in [0.2, 0.25) is 0 Å². The second-order valence-corrected chi connectivity index (χ2v) is 2.91. The molecule has 0 heterocycles. The first-order chi connectivity index (χ1) is 5.83. The van der Waals surface area contributed by atoms with Crippen LogP contribution in [-0.2, 0) is 6.42 Å². The van der Waals surface area contributed by atoms with Crippen molar-refractivity contribution in [3.63, 3.8) is 0 Å². The highest BCUT2D eigenvalue weighted by Crippen LogP contribution is 2.08. The van der Waals surface area contributed by atoms with Crippen molar-refractivity contribution in [2.75, 3.05) is 0 Å². The summed E-state index contributed by atoms with van der Waals surface area (Å²) >= 11 is 0. The van der Waals surface area contributed by atoms with Crippen LogP contribution in [0, 0.1) is 0 Å². The zero-order valence-electron chi connectivity index (χ0n) is 7.29. The lowest BCUT2D eigenvalue weighted by atomic mass is 10.0. The molecular formula is C12H14. The second-order valence-electron chi connectivity index (χ2n) is 2.91. The number of hydrogen-bond acceptors (Lipinski definition) is 0. The van der Waals surface area contributed by atoms with E-state index in [1.807, 2.05) is 12.1 Å². The third kappa shape index (κ3) is 2.75. The highest BCUT2D eigenvalue weighted by atomic mass is 14.0. The molecule has 0 spiro atoms. The van der Waals surface area contributed by atoms with E-state index in [2.05, 4.69) is 37.4 Å². The molecular weight excluding hydrogens is 144 g/mol. The molecule has 0 saturated carbocycles. The van der Waals surface area contributed by atoms with Gasteiger partial charge in [0.1, 0.15) is 0 Å². The number of allylic oxidation sites excluding steroid dienone is 2. The van der Waals surface area contributed by atoms with Crippen LogP contribution in [0.5, 0.6) is 0 Å². The standard InChI is InChI=1S/C12H14/c1-3-7-11(2)10-12-8-5-4-6-9-12/h3-6,8-9H,1-2,7,10H2. The Morgan fingerprint density at radius 1 is 1.25 bits per heavy atom. The maximum atomic E-state index is 3.97. The van der Waals surface area contributed by atoms with Gasteiger partial charge in [-0.25, -0.2) is 0 Å². The molecule has 0 aliphatic carbocycles. The molecule has 0 saturated heterocycles. The Hall–Kier alpha value is -1.30. The van der Waals surface area contributed by atoms with E-state index in [0.29, 0.717) is 0 Å². The third-order valence-electron chi connectivity index (χ3n) is 1.73. The van der Waals surface area contributed by atoms with Crippen molar-refractivity contribution in [2.24, 2.45) is 0 Å². The predicted molar refractivity (Wildman–Crippen MR) is 54.1 cm³/mol. The molecule has 0 aromatic heterocycles. The van der Waals surface area contributed by atoms with Gasteiger partial charge in [0.05, 0.1) is 0 Å². The molecule has 0 nitrogen and oxygen atoms in total. The van der Waals surface area contributed by atoms with Crippen molar-refractivity contribution < 1.29 is 0 Å². The molecule has 0 heteroatoms. The van der Waals surface area contributed by atoms with Gasteiger partial charge in [0.15, 0.2) is 0 Å². The van der Waals surface area contributed by atoms with Gasteiger partial charge in [-0.1, -0.05) is 48.6 Å². The van der Waals surface area contributed by atoms with Crippen molar-refractivity contribution in [1.29, 1.82) is 0 Å². The molecule has 0 bridgehead atoms. The Labute approximate surface area is 74.2 Å². The maximum Gasteiger partial charge on any atom is -0.00667 e. The number of rotatable bonds is 4. The van der Waals surface area contributed by atoms with E-state index < -0.39 is 0 Å². The summed E-state index contributed by atoms with van der Waals surface area (Å²) in [5.74, 6) is 0. The lowest BCUT2D eigenvalue weighted by molar-refractivity contribution is 1.08. The molecule has 0 N–H and O–H groups in total. The van der Waals surface area contributed by atoms with Gasteiger partial charge in [-0.15, -0.1) is 6.58 Å². The molecule has 0 aliphatic heterocycles. The fourth-order valence-electron chi connectivity index (χ4n) is 1.16. The quantitative estimate of drug-likeness (QED) is 0.589. The average Bonchev–Trinajstić information content (AvgIpc) is 2.06. The van der Waals surface area contributed by atoms with Crippen LogP contribution in [0.3, 0.4) is 0 Å². The first-order valence-electron chi connectivity index (χ1n) is 4.14. The molecule has 12 heavy (non-hydrogen) atoms. The minimum atomic E-state index is 0.912. The summed E-state index contributed by atoms with van der Waals surface area (Å²) < 4.78 is 0. The second kappa shape index (κ2) is 4.55. The van der Waals surface area contributed by atoms with E-state index >= 15 is 0 Å². The lowest BCUT2D eigenvalue weighted by Crippen LogP contribution is -1.86. The maximum absolute atomic E-state index is 3.97. The smallest absolute Gasteiger partial charge is 0.00667 e. The van der Waals surface area contributed by atoms with Crippen LogP contribution in [0.25, 0.3) is 0 Å². The van der Waals surface area contributed by atoms with E-state index in [1.165, 1.54) is 11.1 Å². The minimum Gasteiger partial charge on any atom is -0.103 e. The van der Waals surface area contributed by atoms with Crippen LogP contribution >= 0.6 is 0 Å². The summed E-state index contributed by atoms with van der Waals surface area (Å²) in [5, 5.41) is 0. The Morgan fingerprint density at radius 3 is 2.50 bits per heavy atom. The predicted octanol–water partition coefficient (Wildman–Crippen LogP) is 3.36. The normalized spacial score (nSPS) is 9.33. The SMILES string of the molecule is C=CCC(=C)Cc1ccccc1. The van der Waals surface area contributed by atoms with Gasteiger partial charge >= 0.3 is 0 Å². The summed E-state index contributed by atoms with van der Waals surface area (Å²) in [5.41, 5.74) is 2.54. The molecule has 1 rings (SSSR count). The molecule has 0 aliphatic rings. The van der Waals surface area contributed by atoms with Crippen LogP contribution in [0.4, 0.5) is 0 Å². The van der Waals surface area contributed by atoms with E-state index in [-0.39, 0.29) is 0 Å². The molecule has 0 fully saturated rings. The minimum absolute atomic E-state index is 0.912. The van der Waals surface area contributed by atoms with Crippen molar-refractivity contribution in [3.05, 3.63) is 60.7 Å². The number of hydrogen-bond donors (Lipinski definition) is 0. The van der Waals surface area contributed by atoms with E-state index in [1.54, 1.807) is 0 Å². The van der Waals surface area contributed by atoms with Gasteiger partial charge in [0.25, 0.3) is 0 Å². The zero-order valence-corrected chi connectivity index (χ0v) is 7.29. The van der Waals surface area contributed by atoms with Gasteiger partial charge < -0.3 is 0 Å². The Morgan fingerprint density at radius 2 is 1.92 bits per heavy atom. The summed E-state index contributed by atoms with van der Waals surface area (Å²) in [6, 6.07) is 10.4. The fraction of sp³-hybridized carbons (Fsp3) is 0.167. The Kier molecular flexibility index (Phi) is 3.34. The van der Waals surface area contributed by atoms with Gasteiger partial charge in [0, 0.05) is 0 Å². The zero-order chi connectivity index (χ0) is 8.81. The molecule has 0 radical (unpaired) electrons. The average molecular weight is 158 g/mol. The Bertz CT molecular complexity index is 257. The summed E-state index contributed by atoms with van der Waals surface area (Å²) in [6.07, 6.45) is 3.77. The van der Waals surface area contributed by atoms with Crippen molar-refractivity contribution >= 4 is 0 Å². The van der Waals surface area contributed by atoms with Gasteiger partial charge in [0.2, 0.25) is 0 Å². The topological polar surface area (TPSA) is 0 Å². The monoisotopic (exact) mass is 158 g/mol. The highest BCUT2D eigenvalue weighted by molar-refractivity contribution is 5.21. The number of benzene rings is 1. The lowest BCUT2D eigenvalue weighted by Gasteiger charge is -2.01. The van der Waals surface area contributed by atoms with Gasteiger partial charge in [-0.3, -0.25) is 0 Å². The van der Waals surface area contributed by atoms with Gasteiger partial charge in [-0.05, 0) is 18.4 Å². The highest BCUT2D eigenvalue weighted by Gasteiger charge is 1.93. The molecule has 1 aromatic carbocycles. The largest absolute Gasteiger partial charge is 0.103 e. The van der Waals surface area contributed by atoms with Crippen LogP contribution in [0.15, 0.2) is 55.1 Å². The third-order valence-corrected chi connectivity index (χ3v) is 1.73. The van der Waals surface area contributed by atoms with Crippen LogP contribution in [-0.4, -0.2) is 0 Å². The van der Waals surface area contributed by atoms with Crippen molar-refractivity contribution in [1.82, 2.24) is 0 Å². The molecule has 0 atom stereocenters. The van der Waals surface area contributed by atoms with E-state index in [4.69, 9.17) is 0 Å². The van der Waals surface area contributed by atoms with E-state index in [9.17, 15) is 0 Å². The molecule has 62 valence electrons. The molecule has 0 amide bonds. The summed E-state index contributed by atoms with van der Waals surface area (Å²) in [6.45, 7) is 7.65. The van der Waals surface area contributed by atoms with Gasteiger partial charge in [-0.2, -0.15) is 0 Å². The summed E-state index contributed by atoms with van der Waals surface area (Å²) in [7, 11) is 0. The van der Waals surface area contributed by atoms with Crippen LogP contribution < -0.4 is 0 Å². The van der Waals surface area contributed by atoms with Crippen molar-refractivity contribution in [2.45, 2.75) is 12.8 Å². The van der Waals surface area contributed by atoms with Crippen molar-refractivity contribution in [3.8, 4) is 0 Å². The first kappa shape index (κ1) is 8.79. The molecule has 0 unspecified atom stereocenters.